The maximum absolute atomic E-state index is 12.9. The number of hydrogen-bond donors (Lipinski definition) is 1. The first-order valence-electron chi connectivity index (χ1n) is 10.9. The molecule has 2 aliphatic heterocycles. The van der Waals surface area contributed by atoms with Gasteiger partial charge in [0.25, 0.3) is 0 Å². The number of carbonyl (C=O) groups excluding carboxylic acids is 2. The summed E-state index contributed by atoms with van der Waals surface area (Å²) in [5.41, 5.74) is -0.856. The maximum atomic E-state index is 12.9. The molecule has 1 N–H and O–H groups in total. The zero-order chi connectivity index (χ0) is 21.4. The second-order valence-electron chi connectivity index (χ2n) is 10.3. The number of carbonyl (C=O) groups is 2. The van der Waals surface area contributed by atoms with Gasteiger partial charge in [0.15, 0.2) is 5.79 Å². The van der Waals surface area contributed by atoms with Crippen LogP contribution >= 0.6 is 0 Å². The van der Waals surface area contributed by atoms with E-state index in [-0.39, 0.29) is 29.8 Å². The molecule has 5 aliphatic rings. The van der Waals surface area contributed by atoms with Crippen LogP contribution in [-0.4, -0.2) is 41.6 Å². The fourth-order valence-electron chi connectivity index (χ4n) is 7.31. The van der Waals surface area contributed by atoms with Crippen molar-refractivity contribution in [2.24, 2.45) is 35.0 Å². The Bertz CT molecular complexity index is 758. The van der Waals surface area contributed by atoms with Crippen LogP contribution in [0.5, 0.6) is 0 Å². The molecule has 0 radical (unpaired) electrons. The van der Waals surface area contributed by atoms with Gasteiger partial charge in [-0.05, 0) is 37.2 Å². The number of rotatable bonds is 3. The molecular formula is C23H34O6. The average molecular weight is 407 g/mol. The van der Waals surface area contributed by atoms with Crippen molar-refractivity contribution < 1.29 is 28.9 Å². The molecule has 29 heavy (non-hydrogen) atoms. The van der Waals surface area contributed by atoms with Gasteiger partial charge in [-0.2, -0.15) is 0 Å². The molecule has 1 saturated heterocycles. The largest absolute Gasteiger partial charge is 0.466 e. The lowest BCUT2D eigenvalue weighted by atomic mass is 9.41. The predicted molar refractivity (Wildman–Crippen MR) is 105 cm³/mol. The smallest absolute Gasteiger partial charge is 0.334 e. The van der Waals surface area contributed by atoms with Gasteiger partial charge >= 0.3 is 11.9 Å². The molecule has 8 atom stereocenters. The monoisotopic (exact) mass is 406 g/mol. The quantitative estimate of drug-likeness (QED) is 0.725. The zero-order valence-electron chi connectivity index (χ0n) is 18.4. The van der Waals surface area contributed by atoms with E-state index >= 15 is 0 Å². The summed E-state index contributed by atoms with van der Waals surface area (Å²) in [7, 11) is 1.37. The summed E-state index contributed by atoms with van der Waals surface area (Å²) in [5.74, 6) is -2.50. The average Bonchev–Trinajstić information content (AvgIpc) is 2.61. The summed E-state index contributed by atoms with van der Waals surface area (Å²) in [6.45, 7) is 9.79. The standard InChI is InChI=1S/C23H34O6/c1-12(2)16-9-18(28-14(4)24)21(5)17-8-7-13(3)10-22(17)11-15(20(25)27-6)19(21)23(16,26)29-22/h11-13,16-19,26H,7-10H2,1-6H3. The van der Waals surface area contributed by atoms with Gasteiger partial charge in [-0.1, -0.05) is 34.1 Å². The summed E-state index contributed by atoms with van der Waals surface area (Å²) in [4.78, 5) is 24.9. The molecule has 3 fully saturated rings. The Labute approximate surface area is 173 Å². The van der Waals surface area contributed by atoms with Crippen molar-refractivity contribution in [1.29, 1.82) is 0 Å². The van der Waals surface area contributed by atoms with Gasteiger partial charge in [0.2, 0.25) is 0 Å². The first kappa shape index (κ1) is 20.9. The molecule has 2 heterocycles. The number of esters is 2. The third-order valence-electron chi connectivity index (χ3n) is 8.28. The van der Waals surface area contributed by atoms with Crippen molar-refractivity contribution >= 4 is 11.9 Å². The fraction of sp³-hybridized carbons (Fsp3) is 0.826. The van der Waals surface area contributed by atoms with E-state index in [2.05, 4.69) is 13.8 Å². The molecule has 162 valence electrons. The highest BCUT2D eigenvalue weighted by Crippen LogP contribution is 2.71. The first-order valence-corrected chi connectivity index (χ1v) is 10.9. The normalized spacial score (nSPS) is 48.0. The van der Waals surface area contributed by atoms with Crippen molar-refractivity contribution in [1.82, 2.24) is 0 Å². The van der Waals surface area contributed by atoms with Crippen LogP contribution < -0.4 is 0 Å². The number of ether oxygens (including phenoxy) is 3. The summed E-state index contributed by atoms with van der Waals surface area (Å²) < 4.78 is 17.7. The minimum atomic E-state index is -1.48. The number of hydrogen-bond acceptors (Lipinski definition) is 6. The molecule has 8 unspecified atom stereocenters. The van der Waals surface area contributed by atoms with Crippen molar-refractivity contribution in [3.63, 3.8) is 0 Å². The molecular weight excluding hydrogens is 372 g/mol. The van der Waals surface area contributed by atoms with Gasteiger partial charge in [0, 0.05) is 29.7 Å². The third kappa shape index (κ3) is 2.67. The molecule has 0 aromatic rings. The van der Waals surface area contributed by atoms with Crippen LogP contribution in [0, 0.1) is 35.0 Å². The highest BCUT2D eigenvalue weighted by Gasteiger charge is 2.77. The van der Waals surface area contributed by atoms with Gasteiger partial charge in [-0.25, -0.2) is 4.79 Å². The van der Waals surface area contributed by atoms with Crippen molar-refractivity contribution in [3.8, 4) is 0 Å². The van der Waals surface area contributed by atoms with Gasteiger partial charge < -0.3 is 19.3 Å². The van der Waals surface area contributed by atoms with E-state index in [4.69, 9.17) is 14.2 Å². The van der Waals surface area contributed by atoms with Crippen LogP contribution in [0.1, 0.15) is 60.3 Å². The van der Waals surface area contributed by atoms with E-state index in [1.807, 2.05) is 19.9 Å². The molecule has 4 bridgehead atoms. The molecule has 1 spiro atoms. The molecule has 6 nitrogen and oxygen atoms in total. The van der Waals surface area contributed by atoms with E-state index in [1.165, 1.54) is 14.0 Å². The summed E-state index contributed by atoms with van der Waals surface area (Å²) in [6.07, 6.45) is 4.79. The second kappa shape index (κ2) is 6.55. The Hall–Kier alpha value is -1.40. The summed E-state index contributed by atoms with van der Waals surface area (Å²) in [6, 6.07) is 0. The second-order valence-corrected chi connectivity index (χ2v) is 10.3. The Morgan fingerprint density at radius 2 is 2.00 bits per heavy atom. The summed E-state index contributed by atoms with van der Waals surface area (Å²) in [5, 5.41) is 12.1. The molecule has 5 rings (SSSR count). The lowest BCUT2D eigenvalue weighted by Gasteiger charge is -2.72. The van der Waals surface area contributed by atoms with Crippen LogP contribution in [0.3, 0.4) is 0 Å². The Morgan fingerprint density at radius 3 is 2.59 bits per heavy atom. The maximum Gasteiger partial charge on any atom is 0.334 e. The first-order chi connectivity index (χ1) is 13.5. The lowest BCUT2D eigenvalue weighted by molar-refractivity contribution is -0.418. The van der Waals surface area contributed by atoms with E-state index < -0.39 is 28.7 Å². The van der Waals surface area contributed by atoms with Crippen molar-refractivity contribution in [3.05, 3.63) is 11.6 Å². The van der Waals surface area contributed by atoms with Crippen LogP contribution in [-0.2, 0) is 23.8 Å². The molecule has 6 heteroatoms. The van der Waals surface area contributed by atoms with E-state index in [9.17, 15) is 14.7 Å². The van der Waals surface area contributed by atoms with Crippen LogP contribution in [0.25, 0.3) is 0 Å². The third-order valence-corrected chi connectivity index (χ3v) is 8.28. The molecule has 2 saturated carbocycles. The van der Waals surface area contributed by atoms with Crippen LogP contribution in [0.15, 0.2) is 11.6 Å². The minimum absolute atomic E-state index is 0.0716. The van der Waals surface area contributed by atoms with E-state index in [0.717, 1.165) is 19.3 Å². The van der Waals surface area contributed by atoms with Gasteiger partial charge in [0.05, 0.1) is 18.6 Å². The Kier molecular flexibility index (Phi) is 4.71. The van der Waals surface area contributed by atoms with Crippen LogP contribution in [0.4, 0.5) is 0 Å². The molecule has 0 aromatic heterocycles. The predicted octanol–water partition coefficient (Wildman–Crippen LogP) is 3.22. The van der Waals surface area contributed by atoms with Gasteiger partial charge in [-0.3, -0.25) is 4.79 Å². The number of methoxy groups -OCH3 is 1. The van der Waals surface area contributed by atoms with E-state index in [0.29, 0.717) is 17.9 Å². The van der Waals surface area contributed by atoms with Crippen LogP contribution in [0.2, 0.25) is 0 Å². The SMILES string of the molecule is COC(=O)C1=CC23CC(C)CCC2C2(C)C(OC(C)=O)CC(C(C)C)C(O)(O3)C12. The zero-order valence-corrected chi connectivity index (χ0v) is 18.4. The van der Waals surface area contributed by atoms with Crippen molar-refractivity contribution in [2.75, 3.05) is 7.11 Å². The molecule has 3 aliphatic carbocycles. The fourth-order valence-corrected chi connectivity index (χ4v) is 7.31. The Balaban J connectivity index is 1.96. The summed E-state index contributed by atoms with van der Waals surface area (Å²) >= 11 is 0. The topological polar surface area (TPSA) is 82.1 Å². The lowest BCUT2D eigenvalue weighted by Crippen LogP contribution is -2.78. The van der Waals surface area contributed by atoms with Crippen molar-refractivity contribution in [2.45, 2.75) is 77.8 Å². The van der Waals surface area contributed by atoms with Gasteiger partial charge in [-0.15, -0.1) is 0 Å². The minimum Gasteiger partial charge on any atom is -0.466 e. The van der Waals surface area contributed by atoms with E-state index in [1.54, 1.807) is 0 Å². The highest BCUT2D eigenvalue weighted by molar-refractivity contribution is 5.90. The Morgan fingerprint density at radius 1 is 1.31 bits per heavy atom. The number of aliphatic hydroxyl groups is 1. The molecule has 0 amide bonds. The highest BCUT2D eigenvalue weighted by atomic mass is 16.6. The van der Waals surface area contributed by atoms with Gasteiger partial charge in [0.1, 0.15) is 6.10 Å². The molecule has 0 aromatic carbocycles.